The number of fused-ring (bicyclic) bond motifs is 1. The third-order valence-electron chi connectivity index (χ3n) is 15.4. The number of cyclic esters (lactones) is 1. The number of hydrogen-bond acceptors (Lipinski definition) is 10. The second kappa shape index (κ2) is 28.9. The predicted molar refractivity (Wildman–Crippen MR) is 295 cm³/mol. The Kier molecular flexibility index (Phi) is 23.7. The van der Waals surface area contributed by atoms with E-state index in [1.54, 1.807) is 48.5 Å². The number of rotatable bonds is 13. The number of esters is 1. The molecule has 2 fully saturated rings. The van der Waals surface area contributed by atoms with Crippen LogP contribution in [0.2, 0.25) is 0 Å². The molecule has 2 heterocycles. The first kappa shape index (κ1) is 63.2. The summed E-state index contributed by atoms with van der Waals surface area (Å²) in [6.45, 7) is 21.7. The van der Waals surface area contributed by atoms with Crippen LogP contribution in [-0.4, -0.2) is 155 Å². The summed E-state index contributed by atoms with van der Waals surface area (Å²) in [6, 6.07) is 9.00. The topological polar surface area (TPSA) is 224 Å². The molecule has 18 heteroatoms. The fraction of sp³-hybridized carbons (Fsp3) is 0.644. The van der Waals surface area contributed by atoms with Crippen molar-refractivity contribution in [2.75, 3.05) is 27.7 Å². The van der Waals surface area contributed by atoms with Crippen LogP contribution in [0.3, 0.4) is 0 Å². The number of carbonyl (C=O) groups is 9. The lowest BCUT2D eigenvalue weighted by Gasteiger charge is -2.37. The third kappa shape index (κ3) is 16.4. The summed E-state index contributed by atoms with van der Waals surface area (Å²) in [6.07, 6.45) is 0.466. The number of amides is 8. The molecule has 426 valence electrons. The van der Waals surface area contributed by atoms with Crippen molar-refractivity contribution in [3.63, 3.8) is 0 Å². The van der Waals surface area contributed by atoms with E-state index in [0.717, 1.165) is 5.56 Å². The van der Waals surface area contributed by atoms with E-state index in [-0.39, 0.29) is 38.1 Å². The van der Waals surface area contributed by atoms with Crippen molar-refractivity contribution in [2.45, 2.75) is 182 Å². The second-order valence-electron chi connectivity index (χ2n) is 22.9. The van der Waals surface area contributed by atoms with Gasteiger partial charge in [0.2, 0.25) is 41.4 Å². The van der Waals surface area contributed by atoms with Gasteiger partial charge in [-0.15, -0.1) is 0 Å². The molecule has 0 bridgehead atoms. The minimum atomic E-state index is -1.40. The van der Waals surface area contributed by atoms with E-state index in [0.29, 0.717) is 24.8 Å². The fourth-order valence-corrected chi connectivity index (χ4v) is 10.4. The number of nitrogens with zero attached hydrogens (tertiary/aromatic N) is 4. The minimum absolute atomic E-state index is 0.0188. The molecule has 4 rings (SSSR count). The Balaban J connectivity index is 1.94. The zero-order chi connectivity index (χ0) is 57.6. The number of likely N-dealkylation sites (N-methyl/N-ethyl adjacent to an activating group) is 3. The van der Waals surface area contributed by atoms with Crippen LogP contribution >= 0.6 is 0 Å². The first-order valence-electron chi connectivity index (χ1n) is 27.9. The van der Waals surface area contributed by atoms with Gasteiger partial charge in [0.05, 0.1) is 0 Å². The summed E-state index contributed by atoms with van der Waals surface area (Å²) in [5, 5.41) is 11.6. The molecule has 0 aromatic heterocycles. The molecule has 2 aliphatic rings. The van der Waals surface area contributed by atoms with Crippen LogP contribution in [0, 0.1) is 35.5 Å². The van der Waals surface area contributed by atoms with Crippen molar-refractivity contribution >= 4 is 53.2 Å². The fourth-order valence-electron chi connectivity index (χ4n) is 10.4. The summed E-state index contributed by atoms with van der Waals surface area (Å²) >= 11 is 0. The Morgan fingerprint density at radius 2 is 1.01 bits per heavy atom. The monoisotopic (exact) mass is 1070 g/mol. The number of ether oxygens (including phenoxy) is 1. The van der Waals surface area contributed by atoms with Crippen LogP contribution < -0.4 is 21.3 Å². The van der Waals surface area contributed by atoms with Gasteiger partial charge in [0.25, 0.3) is 5.91 Å². The van der Waals surface area contributed by atoms with Gasteiger partial charge in [0.15, 0.2) is 6.10 Å². The molecule has 2 saturated heterocycles. The van der Waals surface area contributed by atoms with E-state index < -0.39 is 137 Å². The molecule has 77 heavy (non-hydrogen) atoms. The highest BCUT2D eigenvalue weighted by Gasteiger charge is 2.45. The Morgan fingerprint density at radius 1 is 0.519 bits per heavy atom. The SMILES string of the molecule is CC[C@@H](C)[C@@H]1NC(=O)[C@@H]2CCCN2C(=O)[C@H](Cc2ccccc2)N(C)C(=O)[C@H](Cc2ccccc2)NC(=O)[C@H](C(C)C)N(C)C(=O)[C@@H]([C@H](C)CC)OC(=O)[C@H](C(C)C)NC(=O)[C@H](CC(C)C)NC(=O)[C@H](C(C)C)N(C)C1=O. The lowest BCUT2D eigenvalue weighted by molar-refractivity contribution is -0.168. The van der Waals surface area contributed by atoms with E-state index in [9.17, 15) is 33.6 Å². The molecule has 0 aliphatic carbocycles. The lowest BCUT2D eigenvalue weighted by Crippen LogP contribution is -2.62. The molecule has 18 nitrogen and oxygen atoms in total. The first-order chi connectivity index (χ1) is 36.2. The Hall–Kier alpha value is -6.33. The average Bonchev–Trinajstić information content (AvgIpc) is 3.89. The van der Waals surface area contributed by atoms with Crippen molar-refractivity contribution in [1.29, 1.82) is 0 Å². The minimum Gasteiger partial charge on any atom is -0.450 e. The summed E-state index contributed by atoms with van der Waals surface area (Å²) in [7, 11) is 4.45. The number of carbonyl (C=O) groups excluding carboxylic acids is 9. The molecule has 0 radical (unpaired) electrons. The van der Waals surface area contributed by atoms with Gasteiger partial charge in [-0.1, -0.05) is 150 Å². The summed E-state index contributed by atoms with van der Waals surface area (Å²) in [5.74, 6) is -8.34. The highest BCUT2D eigenvalue weighted by Crippen LogP contribution is 2.26. The third-order valence-corrected chi connectivity index (χ3v) is 15.4. The Bertz CT molecular complexity index is 2350. The van der Waals surface area contributed by atoms with Gasteiger partial charge in [-0.3, -0.25) is 38.4 Å². The summed E-state index contributed by atoms with van der Waals surface area (Å²) in [5.41, 5.74) is 1.45. The van der Waals surface area contributed by atoms with Crippen LogP contribution in [0.15, 0.2) is 60.7 Å². The van der Waals surface area contributed by atoms with Gasteiger partial charge in [-0.2, -0.15) is 0 Å². The predicted octanol–water partition coefficient (Wildman–Crippen LogP) is 4.91. The zero-order valence-corrected chi connectivity index (χ0v) is 48.5. The van der Waals surface area contributed by atoms with E-state index in [1.807, 2.05) is 95.3 Å². The van der Waals surface area contributed by atoms with Crippen LogP contribution in [0.1, 0.15) is 126 Å². The highest BCUT2D eigenvalue weighted by atomic mass is 16.6. The molecule has 0 spiro atoms. The summed E-state index contributed by atoms with van der Waals surface area (Å²) in [4.78, 5) is 138. The quantitative estimate of drug-likeness (QED) is 0.198. The van der Waals surface area contributed by atoms with Crippen molar-refractivity contribution in [3.05, 3.63) is 71.8 Å². The van der Waals surface area contributed by atoms with E-state index >= 15 is 9.59 Å². The second-order valence-corrected chi connectivity index (χ2v) is 22.9. The molecule has 8 amide bonds. The molecule has 4 N–H and O–H groups in total. The van der Waals surface area contributed by atoms with Gasteiger partial charge in [-0.05, 0) is 66.4 Å². The van der Waals surface area contributed by atoms with Crippen LogP contribution in [0.5, 0.6) is 0 Å². The van der Waals surface area contributed by atoms with Crippen molar-refractivity contribution in [3.8, 4) is 0 Å². The molecule has 0 saturated carbocycles. The highest BCUT2D eigenvalue weighted by molar-refractivity contribution is 5.99. The molecular formula is C59H90N8O10. The zero-order valence-electron chi connectivity index (χ0n) is 48.5. The maximum Gasteiger partial charge on any atom is 0.329 e. The maximum absolute atomic E-state index is 15.3. The average molecular weight is 1070 g/mol. The molecular weight excluding hydrogens is 981 g/mol. The number of hydrogen-bond donors (Lipinski definition) is 4. The molecule has 11 atom stereocenters. The standard InChI is InChI=1S/C59H90N8O10/c1-16-38(11)47-57(74)65(14)48(36(7)8)53(70)60-42(31-34(3)4)51(68)62-46(35(5)6)59(76)77-50(39(12)17-2)58(75)66(15)49(37(9)10)54(71)61-43(32-40-25-20-18-21-26-40)55(72)64(13)45(33-41-27-22-19-23-28-41)56(73)67-30-24-29-44(67)52(69)63-47/h18-23,25-28,34-39,42-50H,16-17,24,29-33H2,1-15H3,(H,60,70)(H,61,71)(H,62,68)(H,63,69)/t38-,39-,42+,43+,44+,45+,46+,47+,48+,49+,50-/m1/s1. The normalized spacial score (nSPS) is 26.6. The molecule has 2 aliphatic heterocycles. The molecule has 0 unspecified atom stereocenters. The van der Waals surface area contributed by atoms with Crippen LogP contribution in [-0.2, 0) is 60.7 Å². The number of nitrogens with one attached hydrogen (secondary N) is 4. The number of benzene rings is 2. The maximum atomic E-state index is 15.3. The van der Waals surface area contributed by atoms with Crippen LogP contribution in [0.4, 0.5) is 0 Å². The Labute approximate surface area is 457 Å². The molecule has 2 aromatic carbocycles. The van der Waals surface area contributed by atoms with Gasteiger partial charge in [0, 0.05) is 46.4 Å². The largest absolute Gasteiger partial charge is 0.450 e. The van der Waals surface area contributed by atoms with E-state index in [1.165, 1.54) is 40.7 Å². The van der Waals surface area contributed by atoms with Gasteiger partial charge in [0.1, 0.15) is 48.3 Å². The lowest BCUT2D eigenvalue weighted by atomic mass is 9.94. The smallest absolute Gasteiger partial charge is 0.329 e. The van der Waals surface area contributed by atoms with Gasteiger partial charge in [-0.25, -0.2) is 4.79 Å². The van der Waals surface area contributed by atoms with E-state index in [4.69, 9.17) is 4.74 Å². The van der Waals surface area contributed by atoms with Crippen LogP contribution in [0.25, 0.3) is 0 Å². The van der Waals surface area contributed by atoms with E-state index in [2.05, 4.69) is 21.3 Å². The Morgan fingerprint density at radius 3 is 1.51 bits per heavy atom. The van der Waals surface area contributed by atoms with Gasteiger partial charge < -0.3 is 45.6 Å². The summed E-state index contributed by atoms with van der Waals surface area (Å²) < 4.78 is 6.10. The van der Waals surface area contributed by atoms with Crippen molar-refractivity contribution in [1.82, 2.24) is 40.9 Å². The molecule has 2 aromatic rings. The first-order valence-corrected chi connectivity index (χ1v) is 27.9. The van der Waals surface area contributed by atoms with Crippen molar-refractivity contribution in [2.24, 2.45) is 35.5 Å². The van der Waals surface area contributed by atoms with Gasteiger partial charge >= 0.3 is 5.97 Å². The van der Waals surface area contributed by atoms with Crippen molar-refractivity contribution < 1.29 is 47.9 Å².